The van der Waals surface area contributed by atoms with Crippen molar-refractivity contribution in [1.82, 2.24) is 5.01 Å². The lowest BCUT2D eigenvalue weighted by Crippen LogP contribution is -2.43. The first-order valence-electron chi connectivity index (χ1n) is 8.55. The summed E-state index contributed by atoms with van der Waals surface area (Å²) in [7, 11) is 0. The largest absolute Gasteiger partial charge is 0.300 e. The molecule has 5 heteroatoms. The molecule has 132 valence electrons. The molecule has 0 radical (unpaired) electrons. The fraction of sp³-hybridized carbons (Fsp3) is 0.526. The summed E-state index contributed by atoms with van der Waals surface area (Å²) < 4.78 is 0. The summed E-state index contributed by atoms with van der Waals surface area (Å²) in [5, 5.41) is 1.19. The van der Waals surface area contributed by atoms with Crippen LogP contribution in [0.5, 0.6) is 0 Å². The Morgan fingerprint density at radius 3 is 2.38 bits per heavy atom. The van der Waals surface area contributed by atoms with Crippen LogP contribution < -0.4 is 5.84 Å². The Morgan fingerprint density at radius 2 is 1.79 bits per heavy atom. The molecule has 1 amide bonds. The standard InChI is InChI=1S/C19H28N2O3/c1-3-7-18(23)11-10-17(14-15(2)22)19(24)21(20)13-12-16-8-5-4-6-9-16/h4-6,8-9,17H,3,7,10-14,20H2,1-2H3/t17-/m0/s1. The topological polar surface area (TPSA) is 80.5 Å². The summed E-state index contributed by atoms with van der Waals surface area (Å²) in [6.45, 7) is 3.79. The quantitative estimate of drug-likeness (QED) is 0.384. The van der Waals surface area contributed by atoms with E-state index >= 15 is 0 Å². The van der Waals surface area contributed by atoms with Gasteiger partial charge in [0.25, 0.3) is 0 Å². The molecule has 2 N–H and O–H groups in total. The number of rotatable bonds is 11. The summed E-state index contributed by atoms with van der Waals surface area (Å²) in [4.78, 5) is 35.6. The SMILES string of the molecule is CCCC(=O)CC[C@@H](CC(C)=O)C(=O)N(N)CCc1ccccc1. The van der Waals surface area contributed by atoms with Crippen LogP contribution in [-0.4, -0.2) is 29.0 Å². The molecular weight excluding hydrogens is 304 g/mol. The van der Waals surface area contributed by atoms with Gasteiger partial charge in [-0.25, -0.2) is 5.84 Å². The van der Waals surface area contributed by atoms with Crippen LogP contribution in [-0.2, 0) is 20.8 Å². The third kappa shape index (κ3) is 7.51. The van der Waals surface area contributed by atoms with Crippen molar-refractivity contribution in [3.63, 3.8) is 0 Å². The summed E-state index contributed by atoms with van der Waals surface area (Å²) in [5.74, 6) is 5.19. The Bertz CT molecular complexity index is 543. The lowest BCUT2D eigenvalue weighted by atomic mass is 9.94. The number of hydrogen-bond donors (Lipinski definition) is 1. The fourth-order valence-corrected chi connectivity index (χ4v) is 2.64. The normalized spacial score (nSPS) is 11.8. The number of amides is 1. The van der Waals surface area contributed by atoms with Gasteiger partial charge in [-0.3, -0.25) is 14.6 Å². The molecule has 0 saturated carbocycles. The molecule has 0 aliphatic rings. The highest BCUT2D eigenvalue weighted by molar-refractivity contribution is 5.86. The monoisotopic (exact) mass is 332 g/mol. The molecule has 0 aliphatic heterocycles. The molecule has 0 bridgehead atoms. The minimum Gasteiger partial charge on any atom is -0.300 e. The second kappa shape index (κ2) is 10.7. The van der Waals surface area contributed by atoms with E-state index in [-0.39, 0.29) is 23.9 Å². The predicted octanol–water partition coefficient (Wildman–Crippen LogP) is 2.68. The number of hydrazine groups is 1. The molecule has 24 heavy (non-hydrogen) atoms. The van der Waals surface area contributed by atoms with Gasteiger partial charge in [-0.2, -0.15) is 0 Å². The lowest BCUT2D eigenvalue weighted by molar-refractivity contribution is -0.138. The maximum atomic E-state index is 12.5. The van der Waals surface area contributed by atoms with Crippen LogP contribution in [0.1, 0.15) is 51.5 Å². The van der Waals surface area contributed by atoms with Crippen molar-refractivity contribution in [1.29, 1.82) is 0 Å². The predicted molar refractivity (Wildman–Crippen MR) is 94.0 cm³/mol. The van der Waals surface area contributed by atoms with Gasteiger partial charge >= 0.3 is 0 Å². The van der Waals surface area contributed by atoms with Crippen molar-refractivity contribution in [2.24, 2.45) is 11.8 Å². The molecule has 0 aliphatic carbocycles. The van der Waals surface area contributed by atoms with E-state index in [1.54, 1.807) is 0 Å². The van der Waals surface area contributed by atoms with Gasteiger partial charge in [-0.15, -0.1) is 0 Å². The molecule has 0 saturated heterocycles. The number of carbonyl (C=O) groups is 3. The molecule has 1 rings (SSSR count). The van der Waals surface area contributed by atoms with E-state index in [1.807, 2.05) is 37.3 Å². The number of benzene rings is 1. The highest BCUT2D eigenvalue weighted by Gasteiger charge is 2.24. The highest BCUT2D eigenvalue weighted by atomic mass is 16.2. The van der Waals surface area contributed by atoms with Crippen molar-refractivity contribution in [3.8, 4) is 0 Å². The minimum atomic E-state index is -0.510. The van der Waals surface area contributed by atoms with Crippen molar-refractivity contribution >= 4 is 17.5 Å². The number of nitrogens with zero attached hydrogens (tertiary/aromatic N) is 1. The van der Waals surface area contributed by atoms with E-state index in [9.17, 15) is 14.4 Å². The summed E-state index contributed by atoms with van der Waals surface area (Å²) in [6.07, 6.45) is 2.81. The Kier molecular flexibility index (Phi) is 8.94. The minimum absolute atomic E-state index is 0.0623. The van der Waals surface area contributed by atoms with Crippen molar-refractivity contribution in [2.75, 3.05) is 6.54 Å². The second-order valence-electron chi connectivity index (χ2n) is 6.20. The van der Waals surface area contributed by atoms with E-state index in [0.29, 0.717) is 32.2 Å². The van der Waals surface area contributed by atoms with Crippen LogP contribution in [0.25, 0.3) is 0 Å². The number of nitrogens with two attached hydrogens (primary N) is 1. The molecule has 0 spiro atoms. The van der Waals surface area contributed by atoms with E-state index in [4.69, 9.17) is 5.84 Å². The number of carbonyl (C=O) groups excluding carboxylic acids is 3. The third-order valence-electron chi connectivity index (χ3n) is 3.95. The molecule has 1 atom stereocenters. The molecular formula is C19H28N2O3. The molecule has 5 nitrogen and oxygen atoms in total. The van der Waals surface area contributed by atoms with Crippen LogP contribution in [0, 0.1) is 5.92 Å². The average molecular weight is 332 g/mol. The first-order valence-corrected chi connectivity index (χ1v) is 8.55. The summed E-state index contributed by atoms with van der Waals surface area (Å²) in [5.41, 5.74) is 1.10. The Morgan fingerprint density at radius 1 is 1.12 bits per heavy atom. The van der Waals surface area contributed by atoms with Crippen molar-refractivity contribution in [3.05, 3.63) is 35.9 Å². The zero-order valence-corrected chi connectivity index (χ0v) is 14.7. The van der Waals surface area contributed by atoms with Crippen LogP contribution >= 0.6 is 0 Å². The zero-order chi connectivity index (χ0) is 17.9. The van der Waals surface area contributed by atoms with Crippen LogP contribution in [0.2, 0.25) is 0 Å². The zero-order valence-electron chi connectivity index (χ0n) is 14.7. The summed E-state index contributed by atoms with van der Waals surface area (Å²) in [6, 6.07) is 9.78. The maximum absolute atomic E-state index is 12.5. The number of ketones is 2. The van der Waals surface area contributed by atoms with Gasteiger partial charge in [-0.05, 0) is 31.7 Å². The molecule has 0 unspecified atom stereocenters. The van der Waals surface area contributed by atoms with Crippen LogP contribution in [0.4, 0.5) is 0 Å². The van der Waals surface area contributed by atoms with Gasteiger partial charge in [0.15, 0.2) is 0 Å². The Labute approximate surface area is 144 Å². The van der Waals surface area contributed by atoms with Gasteiger partial charge in [0, 0.05) is 31.7 Å². The summed E-state index contributed by atoms with van der Waals surface area (Å²) >= 11 is 0. The molecule has 1 aromatic carbocycles. The maximum Gasteiger partial charge on any atom is 0.240 e. The van der Waals surface area contributed by atoms with Gasteiger partial charge in [0.1, 0.15) is 11.6 Å². The smallest absolute Gasteiger partial charge is 0.240 e. The Balaban J connectivity index is 2.58. The molecule has 0 heterocycles. The van der Waals surface area contributed by atoms with Gasteiger partial charge in [0.05, 0.1) is 0 Å². The first-order chi connectivity index (χ1) is 11.4. The second-order valence-corrected chi connectivity index (χ2v) is 6.20. The first kappa shape index (κ1) is 20.0. The van der Waals surface area contributed by atoms with Crippen molar-refractivity contribution in [2.45, 2.75) is 52.4 Å². The number of Topliss-reactive ketones (excluding diaryl/α,β-unsaturated/α-hetero) is 2. The number of hydrogen-bond acceptors (Lipinski definition) is 4. The molecule has 0 aromatic heterocycles. The molecule has 0 fully saturated rings. The van der Waals surface area contributed by atoms with Gasteiger partial charge in [-0.1, -0.05) is 37.3 Å². The van der Waals surface area contributed by atoms with Gasteiger partial charge in [0.2, 0.25) is 5.91 Å². The van der Waals surface area contributed by atoms with E-state index in [0.717, 1.165) is 12.0 Å². The van der Waals surface area contributed by atoms with Crippen LogP contribution in [0.15, 0.2) is 30.3 Å². The van der Waals surface area contributed by atoms with Crippen molar-refractivity contribution < 1.29 is 14.4 Å². The third-order valence-corrected chi connectivity index (χ3v) is 3.95. The van der Waals surface area contributed by atoms with Gasteiger partial charge < -0.3 is 4.79 Å². The highest BCUT2D eigenvalue weighted by Crippen LogP contribution is 2.16. The lowest BCUT2D eigenvalue weighted by Gasteiger charge is -2.22. The van der Waals surface area contributed by atoms with E-state index < -0.39 is 5.92 Å². The average Bonchev–Trinajstić information content (AvgIpc) is 2.56. The molecule has 1 aromatic rings. The Hall–Kier alpha value is -2.01. The fourth-order valence-electron chi connectivity index (χ4n) is 2.64. The van der Waals surface area contributed by atoms with E-state index in [2.05, 4.69) is 0 Å². The van der Waals surface area contributed by atoms with Crippen LogP contribution in [0.3, 0.4) is 0 Å². The van der Waals surface area contributed by atoms with E-state index in [1.165, 1.54) is 11.9 Å².